The lowest BCUT2D eigenvalue weighted by Crippen LogP contribution is -2.03. The third-order valence-corrected chi connectivity index (χ3v) is 3.15. The van der Waals surface area contributed by atoms with Crippen molar-refractivity contribution in [3.63, 3.8) is 0 Å². The van der Waals surface area contributed by atoms with E-state index >= 15 is 0 Å². The highest BCUT2D eigenvalue weighted by Crippen LogP contribution is 2.34. The van der Waals surface area contributed by atoms with Crippen LogP contribution in [0.4, 0.5) is 4.39 Å². The van der Waals surface area contributed by atoms with Gasteiger partial charge in [-0.2, -0.15) is 0 Å². The molecule has 0 fully saturated rings. The van der Waals surface area contributed by atoms with Crippen LogP contribution in [0.5, 0.6) is 0 Å². The summed E-state index contributed by atoms with van der Waals surface area (Å²) in [4.78, 5) is 0. The van der Waals surface area contributed by atoms with Crippen molar-refractivity contribution < 1.29 is 13.9 Å². The van der Waals surface area contributed by atoms with E-state index in [-0.39, 0.29) is 16.3 Å². The van der Waals surface area contributed by atoms with Gasteiger partial charge in [0.2, 0.25) is 0 Å². The van der Waals surface area contributed by atoms with E-state index in [1.807, 2.05) is 0 Å². The largest absolute Gasteiger partial charge is 0.465 e. The molecule has 2 aromatic rings. The maximum atomic E-state index is 13.5. The zero-order valence-corrected chi connectivity index (χ0v) is 10.3. The minimum atomic E-state index is -1.22. The van der Waals surface area contributed by atoms with Crippen molar-refractivity contribution >= 4 is 27.5 Å². The Hall–Kier alpha value is -0.840. The van der Waals surface area contributed by atoms with Crippen LogP contribution in [0.1, 0.15) is 17.4 Å². The summed E-state index contributed by atoms with van der Waals surface area (Å²) in [5.74, 6) is -0.338. The third kappa shape index (κ3) is 2.00. The number of aliphatic hydroxyl groups excluding tert-OH is 1. The molecule has 2 nitrogen and oxygen atoms in total. The Morgan fingerprint density at radius 1 is 1.38 bits per heavy atom. The van der Waals surface area contributed by atoms with Gasteiger partial charge in [-0.25, -0.2) is 4.39 Å². The van der Waals surface area contributed by atoms with E-state index in [1.54, 1.807) is 6.07 Å². The first-order valence-corrected chi connectivity index (χ1v) is 5.63. The summed E-state index contributed by atoms with van der Waals surface area (Å²) in [6.07, 6.45) is 0.176. The van der Waals surface area contributed by atoms with Crippen LogP contribution in [0.15, 0.2) is 39.4 Å². The molecule has 0 radical (unpaired) electrons. The van der Waals surface area contributed by atoms with E-state index in [9.17, 15) is 9.50 Å². The maximum Gasteiger partial charge on any atom is 0.151 e. The van der Waals surface area contributed by atoms with Gasteiger partial charge in [0.25, 0.3) is 0 Å². The van der Waals surface area contributed by atoms with Crippen molar-refractivity contribution in [2.45, 2.75) is 6.10 Å². The van der Waals surface area contributed by atoms with Gasteiger partial charge < -0.3 is 9.52 Å². The van der Waals surface area contributed by atoms with Crippen LogP contribution < -0.4 is 0 Å². The summed E-state index contributed by atoms with van der Waals surface area (Å²) in [5, 5.41) is 10.1. The summed E-state index contributed by atoms with van der Waals surface area (Å²) in [7, 11) is 0. The molecule has 16 heavy (non-hydrogen) atoms. The first kappa shape index (κ1) is 11.6. The van der Waals surface area contributed by atoms with Gasteiger partial charge in [-0.3, -0.25) is 0 Å². The molecule has 0 aliphatic rings. The Morgan fingerprint density at radius 2 is 2.12 bits per heavy atom. The lowest BCUT2D eigenvalue weighted by molar-refractivity contribution is 0.184. The third-order valence-electron chi connectivity index (χ3n) is 2.17. The first-order chi connectivity index (χ1) is 7.61. The van der Waals surface area contributed by atoms with E-state index in [4.69, 9.17) is 16.0 Å². The van der Waals surface area contributed by atoms with Gasteiger partial charge in [0, 0.05) is 10.6 Å². The number of aliphatic hydroxyl groups is 1. The predicted molar refractivity (Wildman–Crippen MR) is 61.9 cm³/mol. The molecule has 1 atom stereocenters. The highest BCUT2D eigenvalue weighted by Gasteiger charge is 2.22. The van der Waals surface area contributed by atoms with E-state index in [0.717, 1.165) is 0 Å². The zero-order valence-electron chi connectivity index (χ0n) is 7.95. The Balaban J connectivity index is 2.49. The van der Waals surface area contributed by atoms with Crippen molar-refractivity contribution in [3.05, 3.63) is 57.2 Å². The van der Waals surface area contributed by atoms with Gasteiger partial charge >= 0.3 is 0 Å². The Kier molecular flexibility index (Phi) is 3.33. The molecule has 0 aliphatic heterocycles. The van der Waals surface area contributed by atoms with Crippen LogP contribution in [0, 0.1) is 5.82 Å². The molecule has 5 heteroatoms. The molecule has 1 heterocycles. The number of furan rings is 1. The second-order valence-corrected chi connectivity index (χ2v) is 4.43. The standard InChI is InChI=1S/C11H7BrClFO2/c12-6-4-5-16-11(6)10(15)9-7(13)2-1-3-8(9)14/h1-5,10,15H. The number of hydrogen-bond acceptors (Lipinski definition) is 2. The summed E-state index contributed by atoms with van der Waals surface area (Å²) < 4.78 is 19.2. The van der Waals surface area contributed by atoms with E-state index in [2.05, 4.69) is 15.9 Å². The fourth-order valence-electron chi connectivity index (χ4n) is 1.40. The molecule has 1 N–H and O–H groups in total. The molecule has 0 amide bonds. The van der Waals surface area contributed by atoms with Crippen LogP contribution in [0.2, 0.25) is 5.02 Å². The Bertz CT molecular complexity index is 492. The highest BCUT2D eigenvalue weighted by molar-refractivity contribution is 9.10. The Morgan fingerprint density at radius 3 is 2.69 bits per heavy atom. The molecular weight excluding hydrogens is 298 g/mol. The van der Waals surface area contributed by atoms with Gasteiger partial charge in [0.1, 0.15) is 11.9 Å². The second-order valence-electron chi connectivity index (χ2n) is 3.17. The van der Waals surface area contributed by atoms with Crippen LogP contribution in [0.25, 0.3) is 0 Å². The average Bonchev–Trinajstić information content (AvgIpc) is 2.64. The van der Waals surface area contributed by atoms with Gasteiger partial charge in [-0.05, 0) is 34.1 Å². The molecule has 2 rings (SSSR count). The number of benzene rings is 1. The van der Waals surface area contributed by atoms with Gasteiger partial charge in [-0.15, -0.1) is 0 Å². The van der Waals surface area contributed by atoms with Gasteiger partial charge in [0.15, 0.2) is 5.76 Å². The van der Waals surface area contributed by atoms with Crippen molar-refractivity contribution in [3.8, 4) is 0 Å². The molecule has 1 aromatic heterocycles. The molecule has 1 aromatic carbocycles. The lowest BCUT2D eigenvalue weighted by atomic mass is 10.1. The zero-order chi connectivity index (χ0) is 11.7. The van der Waals surface area contributed by atoms with E-state index in [0.29, 0.717) is 4.47 Å². The smallest absolute Gasteiger partial charge is 0.151 e. The molecule has 0 saturated heterocycles. The second kappa shape index (κ2) is 4.57. The van der Waals surface area contributed by atoms with Crippen molar-refractivity contribution in [2.75, 3.05) is 0 Å². The van der Waals surface area contributed by atoms with Gasteiger partial charge in [0.05, 0.1) is 10.7 Å². The topological polar surface area (TPSA) is 33.4 Å². The summed E-state index contributed by atoms with van der Waals surface area (Å²) >= 11 is 9.03. The number of hydrogen-bond donors (Lipinski definition) is 1. The quantitative estimate of drug-likeness (QED) is 0.912. The fraction of sp³-hybridized carbons (Fsp3) is 0.0909. The molecule has 0 saturated carbocycles. The van der Waals surface area contributed by atoms with E-state index in [1.165, 1.54) is 24.5 Å². The maximum absolute atomic E-state index is 13.5. The van der Waals surface area contributed by atoms with Gasteiger partial charge in [-0.1, -0.05) is 17.7 Å². The van der Waals surface area contributed by atoms with Crippen LogP contribution in [-0.2, 0) is 0 Å². The van der Waals surface area contributed by atoms with Crippen molar-refractivity contribution in [1.82, 2.24) is 0 Å². The summed E-state index contributed by atoms with van der Waals surface area (Å²) in [6, 6.07) is 5.85. The highest BCUT2D eigenvalue weighted by atomic mass is 79.9. The summed E-state index contributed by atoms with van der Waals surface area (Å²) in [6.45, 7) is 0. The van der Waals surface area contributed by atoms with Crippen LogP contribution in [0.3, 0.4) is 0 Å². The van der Waals surface area contributed by atoms with Crippen molar-refractivity contribution in [1.29, 1.82) is 0 Å². The monoisotopic (exact) mass is 304 g/mol. The molecule has 0 aliphatic carbocycles. The number of halogens is 3. The SMILES string of the molecule is OC(c1occc1Br)c1c(F)cccc1Cl. The first-order valence-electron chi connectivity index (χ1n) is 4.46. The molecule has 0 spiro atoms. The summed E-state index contributed by atoms with van der Waals surface area (Å²) in [5.41, 5.74) is 0.0137. The molecule has 1 unspecified atom stereocenters. The predicted octanol–water partition coefficient (Wildman–Crippen LogP) is 3.92. The molecule has 84 valence electrons. The van der Waals surface area contributed by atoms with Crippen LogP contribution >= 0.6 is 27.5 Å². The Labute approximate surface area is 105 Å². The molecule has 0 bridgehead atoms. The molecular formula is C11H7BrClFO2. The minimum Gasteiger partial charge on any atom is -0.465 e. The fourth-order valence-corrected chi connectivity index (χ4v) is 2.09. The normalized spacial score (nSPS) is 12.8. The number of rotatable bonds is 2. The minimum absolute atomic E-state index is 0.0137. The van der Waals surface area contributed by atoms with Crippen molar-refractivity contribution in [2.24, 2.45) is 0 Å². The lowest BCUT2D eigenvalue weighted by Gasteiger charge is -2.11. The van der Waals surface area contributed by atoms with E-state index < -0.39 is 11.9 Å². The average molecular weight is 306 g/mol. The van der Waals surface area contributed by atoms with Crippen LogP contribution in [-0.4, -0.2) is 5.11 Å².